The van der Waals surface area contributed by atoms with Crippen LogP contribution in [0.15, 0.2) is 22.7 Å². The molecule has 17 heavy (non-hydrogen) atoms. The SMILES string of the molecule is CC(C)(CCCl)NC(=O)c1c(F)cccc1Br. The average molecular weight is 323 g/mol. The molecular formula is C12H14BrClFNO. The van der Waals surface area contributed by atoms with E-state index in [1.807, 2.05) is 13.8 Å². The summed E-state index contributed by atoms with van der Waals surface area (Å²) >= 11 is 8.81. The molecule has 0 aliphatic rings. The Morgan fingerprint density at radius 1 is 1.53 bits per heavy atom. The van der Waals surface area contributed by atoms with Crippen LogP contribution in [0, 0.1) is 5.82 Å². The molecule has 0 atom stereocenters. The van der Waals surface area contributed by atoms with E-state index >= 15 is 0 Å². The normalized spacial score (nSPS) is 11.4. The van der Waals surface area contributed by atoms with E-state index in [0.29, 0.717) is 16.8 Å². The van der Waals surface area contributed by atoms with Crippen LogP contribution in [-0.2, 0) is 0 Å². The molecule has 0 aromatic heterocycles. The molecule has 0 aliphatic carbocycles. The van der Waals surface area contributed by atoms with Gasteiger partial charge in [-0.15, -0.1) is 11.6 Å². The van der Waals surface area contributed by atoms with Crippen LogP contribution in [0.4, 0.5) is 4.39 Å². The van der Waals surface area contributed by atoms with Crippen molar-refractivity contribution in [2.75, 3.05) is 5.88 Å². The predicted molar refractivity (Wildman–Crippen MR) is 71.0 cm³/mol. The first-order valence-electron chi connectivity index (χ1n) is 5.20. The maximum atomic E-state index is 13.5. The first kappa shape index (κ1) is 14.5. The second-order valence-electron chi connectivity index (χ2n) is 4.37. The molecule has 1 rings (SSSR count). The molecule has 1 aromatic carbocycles. The number of benzene rings is 1. The summed E-state index contributed by atoms with van der Waals surface area (Å²) in [6, 6.07) is 4.43. The molecule has 0 saturated heterocycles. The molecule has 0 heterocycles. The minimum absolute atomic E-state index is 0.0233. The van der Waals surface area contributed by atoms with Gasteiger partial charge in [0.15, 0.2) is 0 Å². The summed E-state index contributed by atoms with van der Waals surface area (Å²) in [5.41, 5.74) is -0.434. The smallest absolute Gasteiger partial charge is 0.255 e. The van der Waals surface area contributed by atoms with Gasteiger partial charge in [0.2, 0.25) is 0 Å². The lowest BCUT2D eigenvalue weighted by atomic mass is 10.0. The van der Waals surface area contributed by atoms with Gasteiger partial charge in [0.05, 0.1) is 5.56 Å². The van der Waals surface area contributed by atoms with Gasteiger partial charge < -0.3 is 5.32 Å². The Kier molecular flexibility index (Phi) is 4.95. The van der Waals surface area contributed by atoms with Crippen LogP contribution in [0.2, 0.25) is 0 Å². The molecule has 94 valence electrons. The van der Waals surface area contributed by atoms with Crippen LogP contribution in [0.5, 0.6) is 0 Å². The van der Waals surface area contributed by atoms with Gasteiger partial charge in [-0.05, 0) is 48.3 Å². The summed E-state index contributed by atoms with van der Waals surface area (Å²) in [6.07, 6.45) is 0.617. The quantitative estimate of drug-likeness (QED) is 0.841. The highest BCUT2D eigenvalue weighted by molar-refractivity contribution is 9.10. The van der Waals surface area contributed by atoms with Crippen molar-refractivity contribution >= 4 is 33.4 Å². The van der Waals surface area contributed by atoms with Gasteiger partial charge in [-0.25, -0.2) is 4.39 Å². The van der Waals surface area contributed by atoms with Crippen molar-refractivity contribution in [2.45, 2.75) is 25.8 Å². The molecular weight excluding hydrogens is 308 g/mol. The predicted octanol–water partition coefficient (Wildman–Crippen LogP) is 3.73. The molecule has 0 saturated carbocycles. The highest BCUT2D eigenvalue weighted by Crippen LogP contribution is 2.21. The number of rotatable bonds is 4. The summed E-state index contributed by atoms with van der Waals surface area (Å²) in [5.74, 6) is -0.547. The fourth-order valence-electron chi connectivity index (χ4n) is 1.38. The zero-order chi connectivity index (χ0) is 13.1. The molecule has 2 nitrogen and oxygen atoms in total. The number of hydrogen-bond acceptors (Lipinski definition) is 1. The van der Waals surface area contributed by atoms with E-state index in [9.17, 15) is 9.18 Å². The number of carbonyl (C=O) groups excluding carboxylic acids is 1. The van der Waals surface area contributed by atoms with Crippen LogP contribution in [0.3, 0.4) is 0 Å². The number of hydrogen-bond donors (Lipinski definition) is 1. The second kappa shape index (κ2) is 5.83. The third-order valence-electron chi connectivity index (χ3n) is 2.36. The molecule has 0 unspecified atom stereocenters. The minimum atomic E-state index is -0.543. The highest BCUT2D eigenvalue weighted by atomic mass is 79.9. The summed E-state index contributed by atoms with van der Waals surface area (Å²) in [7, 11) is 0. The standard InChI is InChI=1S/C12H14BrClFNO/c1-12(2,6-7-14)16-11(17)10-8(13)4-3-5-9(10)15/h3-5H,6-7H2,1-2H3,(H,16,17). The molecule has 0 radical (unpaired) electrons. The summed E-state index contributed by atoms with van der Waals surface area (Å²) in [4.78, 5) is 12.0. The zero-order valence-corrected chi connectivity index (χ0v) is 12.0. The van der Waals surface area contributed by atoms with Crippen molar-refractivity contribution in [3.05, 3.63) is 34.1 Å². The van der Waals surface area contributed by atoms with Crippen molar-refractivity contribution < 1.29 is 9.18 Å². The van der Waals surface area contributed by atoms with Gasteiger partial charge in [-0.1, -0.05) is 6.07 Å². The Morgan fingerprint density at radius 3 is 2.71 bits per heavy atom. The van der Waals surface area contributed by atoms with Crippen molar-refractivity contribution in [1.82, 2.24) is 5.32 Å². The van der Waals surface area contributed by atoms with Crippen LogP contribution >= 0.6 is 27.5 Å². The van der Waals surface area contributed by atoms with E-state index < -0.39 is 17.3 Å². The molecule has 1 aromatic rings. The van der Waals surface area contributed by atoms with Crippen molar-refractivity contribution in [2.24, 2.45) is 0 Å². The highest BCUT2D eigenvalue weighted by Gasteiger charge is 2.23. The summed E-state index contributed by atoms with van der Waals surface area (Å²) in [5, 5.41) is 2.76. The van der Waals surface area contributed by atoms with Crippen molar-refractivity contribution in [3.63, 3.8) is 0 Å². The average Bonchev–Trinajstić information content (AvgIpc) is 2.15. The van der Waals surface area contributed by atoms with Crippen LogP contribution in [-0.4, -0.2) is 17.3 Å². The Labute approximate surface area is 114 Å². The van der Waals surface area contributed by atoms with Gasteiger partial charge >= 0.3 is 0 Å². The van der Waals surface area contributed by atoms with Crippen LogP contribution in [0.25, 0.3) is 0 Å². The third-order valence-corrected chi connectivity index (χ3v) is 3.21. The number of halogens is 3. The van der Waals surface area contributed by atoms with Gasteiger partial charge in [0.25, 0.3) is 5.91 Å². The minimum Gasteiger partial charge on any atom is -0.347 e. The maximum absolute atomic E-state index is 13.5. The fraction of sp³-hybridized carbons (Fsp3) is 0.417. The third kappa shape index (κ3) is 3.96. The van der Waals surface area contributed by atoms with Gasteiger partial charge in [-0.3, -0.25) is 4.79 Å². The van der Waals surface area contributed by atoms with Crippen LogP contribution in [0.1, 0.15) is 30.6 Å². The molecule has 5 heteroatoms. The lowest BCUT2D eigenvalue weighted by Crippen LogP contribution is -2.44. The lowest BCUT2D eigenvalue weighted by molar-refractivity contribution is 0.0906. The maximum Gasteiger partial charge on any atom is 0.255 e. The van der Waals surface area contributed by atoms with Gasteiger partial charge in [0, 0.05) is 15.9 Å². The van der Waals surface area contributed by atoms with Gasteiger partial charge in [0.1, 0.15) is 5.82 Å². The van der Waals surface area contributed by atoms with E-state index in [1.54, 1.807) is 12.1 Å². The Morgan fingerprint density at radius 2 is 2.18 bits per heavy atom. The first-order chi connectivity index (χ1) is 7.87. The largest absolute Gasteiger partial charge is 0.347 e. The van der Waals surface area contributed by atoms with E-state index in [0.717, 1.165) is 0 Å². The monoisotopic (exact) mass is 321 g/mol. The number of alkyl halides is 1. The number of carbonyl (C=O) groups is 1. The fourth-order valence-corrected chi connectivity index (χ4v) is 2.38. The van der Waals surface area contributed by atoms with E-state index in [1.165, 1.54) is 6.07 Å². The van der Waals surface area contributed by atoms with Crippen molar-refractivity contribution in [3.8, 4) is 0 Å². The van der Waals surface area contributed by atoms with E-state index in [-0.39, 0.29) is 5.56 Å². The molecule has 0 bridgehead atoms. The molecule has 0 spiro atoms. The topological polar surface area (TPSA) is 29.1 Å². The number of amides is 1. The first-order valence-corrected chi connectivity index (χ1v) is 6.52. The summed E-state index contributed by atoms with van der Waals surface area (Å²) < 4.78 is 14.0. The Balaban J connectivity index is 2.91. The van der Waals surface area contributed by atoms with Crippen molar-refractivity contribution in [1.29, 1.82) is 0 Å². The molecule has 1 amide bonds. The Hall–Kier alpha value is -0.610. The van der Waals surface area contributed by atoms with Gasteiger partial charge in [-0.2, -0.15) is 0 Å². The van der Waals surface area contributed by atoms with Crippen LogP contribution < -0.4 is 5.32 Å². The molecule has 0 fully saturated rings. The zero-order valence-electron chi connectivity index (χ0n) is 9.69. The Bertz CT molecular complexity index is 403. The van der Waals surface area contributed by atoms with E-state index in [2.05, 4.69) is 21.2 Å². The molecule has 1 N–H and O–H groups in total. The summed E-state index contributed by atoms with van der Waals surface area (Å²) in [6.45, 7) is 3.70. The van der Waals surface area contributed by atoms with E-state index in [4.69, 9.17) is 11.6 Å². The lowest BCUT2D eigenvalue weighted by Gasteiger charge is -2.25. The molecule has 0 aliphatic heterocycles. The second-order valence-corrected chi connectivity index (χ2v) is 5.61. The number of nitrogens with one attached hydrogen (secondary N) is 1.